The molecule has 1 atom stereocenters. The third kappa shape index (κ3) is 3.34. The molecule has 1 aliphatic heterocycles. The molecule has 0 aliphatic carbocycles. The first-order valence-electron chi connectivity index (χ1n) is 7.69. The monoisotopic (exact) mass is 373 g/mol. The highest BCUT2D eigenvalue weighted by atomic mass is 35.5. The third-order valence-corrected chi connectivity index (χ3v) is 4.23. The molecule has 0 spiro atoms. The number of nitrogens with one attached hydrogen (secondary N) is 1. The number of ether oxygens (including phenoxy) is 1. The van der Waals surface area contributed by atoms with E-state index in [-0.39, 0.29) is 23.6 Å². The van der Waals surface area contributed by atoms with Crippen LogP contribution in [0.3, 0.4) is 0 Å². The molecular formula is C18H14ClN2O5-. The fraction of sp³-hybridized carbons (Fsp3) is 0.167. The summed E-state index contributed by atoms with van der Waals surface area (Å²) in [7, 11) is 1.44. The molecule has 2 aromatic carbocycles. The highest BCUT2D eigenvalue weighted by Crippen LogP contribution is 2.35. The molecule has 7 nitrogen and oxygen atoms in total. The van der Waals surface area contributed by atoms with E-state index in [1.165, 1.54) is 37.4 Å². The maximum atomic E-state index is 12.7. The lowest BCUT2D eigenvalue weighted by molar-refractivity contribution is -0.255. The molecule has 1 heterocycles. The van der Waals surface area contributed by atoms with Gasteiger partial charge in [-0.3, -0.25) is 9.59 Å². The van der Waals surface area contributed by atoms with Gasteiger partial charge in [0.05, 0.1) is 25.2 Å². The Hall–Kier alpha value is -3.06. The summed E-state index contributed by atoms with van der Waals surface area (Å²) in [6, 6.07) is 9.62. The number of imide groups is 1. The SMILES string of the molecule is COc1ccc(Cl)cc1N1C(=O)C[C@@H](Nc2ccc(C(=O)[O-])cc2)C1=O. The van der Waals surface area contributed by atoms with E-state index in [4.69, 9.17) is 16.3 Å². The van der Waals surface area contributed by atoms with Crippen molar-refractivity contribution in [1.29, 1.82) is 0 Å². The van der Waals surface area contributed by atoms with Crippen LogP contribution < -0.4 is 20.1 Å². The van der Waals surface area contributed by atoms with Crippen molar-refractivity contribution in [3.8, 4) is 5.75 Å². The normalized spacial score (nSPS) is 16.7. The van der Waals surface area contributed by atoms with Gasteiger partial charge in [-0.05, 0) is 35.9 Å². The number of hydrogen-bond donors (Lipinski definition) is 1. The molecule has 3 rings (SSSR count). The predicted octanol–water partition coefficient (Wildman–Crippen LogP) is 1.46. The Morgan fingerprint density at radius 1 is 1.23 bits per heavy atom. The van der Waals surface area contributed by atoms with E-state index in [9.17, 15) is 19.5 Å². The number of carboxylic acids is 1. The molecule has 26 heavy (non-hydrogen) atoms. The minimum atomic E-state index is -1.29. The maximum Gasteiger partial charge on any atom is 0.256 e. The Labute approximate surface area is 154 Å². The summed E-state index contributed by atoms with van der Waals surface area (Å²) in [4.78, 5) is 36.9. The summed E-state index contributed by atoms with van der Waals surface area (Å²) >= 11 is 5.98. The molecule has 0 saturated carbocycles. The predicted molar refractivity (Wildman–Crippen MR) is 93.3 cm³/mol. The van der Waals surface area contributed by atoms with Gasteiger partial charge in [0.2, 0.25) is 5.91 Å². The number of hydrogen-bond acceptors (Lipinski definition) is 6. The van der Waals surface area contributed by atoms with E-state index >= 15 is 0 Å². The number of nitrogens with zero attached hydrogens (tertiary/aromatic N) is 1. The molecule has 0 aromatic heterocycles. The number of rotatable bonds is 5. The summed E-state index contributed by atoms with van der Waals surface area (Å²) in [5, 5.41) is 14.1. The van der Waals surface area contributed by atoms with Crippen molar-refractivity contribution < 1.29 is 24.2 Å². The zero-order valence-corrected chi connectivity index (χ0v) is 14.4. The molecule has 0 unspecified atom stereocenters. The summed E-state index contributed by atoms with van der Waals surface area (Å²) in [6.07, 6.45) is -0.0449. The van der Waals surface area contributed by atoms with Crippen LogP contribution in [0.5, 0.6) is 5.75 Å². The number of aromatic carboxylic acids is 1. The van der Waals surface area contributed by atoms with Crippen LogP contribution in [0.15, 0.2) is 42.5 Å². The summed E-state index contributed by atoms with van der Waals surface area (Å²) < 4.78 is 5.21. The molecule has 134 valence electrons. The second kappa shape index (κ2) is 7.05. The number of benzene rings is 2. The zero-order chi connectivity index (χ0) is 18.8. The van der Waals surface area contributed by atoms with Crippen LogP contribution >= 0.6 is 11.6 Å². The lowest BCUT2D eigenvalue weighted by atomic mass is 10.2. The average molecular weight is 374 g/mol. The van der Waals surface area contributed by atoms with Gasteiger partial charge < -0.3 is 20.0 Å². The summed E-state index contributed by atoms with van der Waals surface area (Å²) in [6.45, 7) is 0. The smallest absolute Gasteiger partial charge is 0.256 e. The lowest BCUT2D eigenvalue weighted by Gasteiger charge is -2.19. The van der Waals surface area contributed by atoms with Crippen molar-refractivity contribution in [2.75, 3.05) is 17.3 Å². The van der Waals surface area contributed by atoms with Crippen LogP contribution in [0.25, 0.3) is 0 Å². The van der Waals surface area contributed by atoms with Gasteiger partial charge in [-0.1, -0.05) is 23.7 Å². The maximum absolute atomic E-state index is 12.7. The van der Waals surface area contributed by atoms with Gasteiger partial charge in [-0.2, -0.15) is 0 Å². The second-order valence-corrected chi connectivity index (χ2v) is 6.09. The van der Waals surface area contributed by atoms with E-state index < -0.39 is 17.9 Å². The number of methoxy groups -OCH3 is 1. The van der Waals surface area contributed by atoms with E-state index in [0.29, 0.717) is 16.5 Å². The highest BCUT2D eigenvalue weighted by molar-refractivity contribution is 6.31. The van der Waals surface area contributed by atoms with Crippen molar-refractivity contribution in [1.82, 2.24) is 0 Å². The minimum absolute atomic E-state index is 0.0228. The molecule has 2 amide bonds. The summed E-state index contributed by atoms with van der Waals surface area (Å²) in [5.41, 5.74) is 0.822. The molecular weight excluding hydrogens is 360 g/mol. The standard InChI is InChI=1S/C18H15ClN2O5/c1-26-15-7-4-11(19)8-14(15)21-16(22)9-13(17(21)23)20-12-5-2-10(3-6-12)18(24)25/h2-8,13,20H,9H2,1H3,(H,24,25)/p-1/t13-/m1/s1. The number of carboxylic acid groups (broad SMARTS) is 1. The zero-order valence-electron chi connectivity index (χ0n) is 13.7. The van der Waals surface area contributed by atoms with Crippen LogP contribution in [0.1, 0.15) is 16.8 Å². The number of amides is 2. The van der Waals surface area contributed by atoms with Crippen molar-refractivity contribution in [3.63, 3.8) is 0 Å². The average Bonchev–Trinajstić information content (AvgIpc) is 2.89. The van der Waals surface area contributed by atoms with Crippen molar-refractivity contribution in [2.24, 2.45) is 0 Å². The van der Waals surface area contributed by atoms with E-state index in [2.05, 4.69) is 5.32 Å². The molecule has 0 radical (unpaired) electrons. The fourth-order valence-electron chi connectivity index (χ4n) is 2.74. The molecule has 0 bridgehead atoms. The van der Waals surface area contributed by atoms with Gasteiger partial charge in [0, 0.05) is 10.7 Å². The van der Waals surface area contributed by atoms with Gasteiger partial charge in [0.25, 0.3) is 5.91 Å². The first-order chi connectivity index (χ1) is 12.4. The van der Waals surface area contributed by atoms with Gasteiger partial charge >= 0.3 is 0 Å². The van der Waals surface area contributed by atoms with Gasteiger partial charge in [-0.15, -0.1) is 0 Å². The molecule has 1 N–H and O–H groups in total. The Balaban J connectivity index is 1.83. The van der Waals surface area contributed by atoms with Crippen LogP contribution in [0, 0.1) is 0 Å². The molecule has 1 aliphatic rings. The van der Waals surface area contributed by atoms with E-state index in [1.54, 1.807) is 12.1 Å². The van der Waals surface area contributed by atoms with Crippen molar-refractivity contribution in [3.05, 3.63) is 53.1 Å². The molecule has 8 heteroatoms. The Bertz CT molecular complexity index is 882. The first-order valence-corrected chi connectivity index (χ1v) is 8.07. The fourth-order valence-corrected chi connectivity index (χ4v) is 2.91. The van der Waals surface area contributed by atoms with Crippen molar-refractivity contribution in [2.45, 2.75) is 12.5 Å². The van der Waals surface area contributed by atoms with E-state index in [1.807, 2.05) is 0 Å². The topological polar surface area (TPSA) is 98.8 Å². The molecule has 2 aromatic rings. The minimum Gasteiger partial charge on any atom is -0.545 e. The van der Waals surface area contributed by atoms with Gasteiger partial charge in [0.1, 0.15) is 11.8 Å². The lowest BCUT2D eigenvalue weighted by Crippen LogP contribution is -2.35. The third-order valence-electron chi connectivity index (χ3n) is 3.99. The van der Waals surface area contributed by atoms with Crippen LogP contribution in [-0.2, 0) is 9.59 Å². The number of halogens is 1. The van der Waals surface area contributed by atoms with Crippen molar-refractivity contribution >= 4 is 40.8 Å². The Morgan fingerprint density at radius 3 is 2.54 bits per heavy atom. The number of carbonyl (C=O) groups excluding carboxylic acids is 3. The molecule has 1 fully saturated rings. The largest absolute Gasteiger partial charge is 0.545 e. The van der Waals surface area contributed by atoms with Gasteiger partial charge in [0.15, 0.2) is 0 Å². The Morgan fingerprint density at radius 2 is 1.92 bits per heavy atom. The van der Waals surface area contributed by atoms with Crippen LogP contribution in [0.2, 0.25) is 5.02 Å². The summed E-state index contributed by atoms with van der Waals surface area (Å²) in [5.74, 6) is -1.77. The quantitative estimate of drug-likeness (QED) is 0.796. The Kier molecular flexibility index (Phi) is 4.81. The van der Waals surface area contributed by atoms with E-state index in [0.717, 1.165) is 4.90 Å². The second-order valence-electron chi connectivity index (χ2n) is 5.65. The van der Waals surface area contributed by atoms with Gasteiger partial charge in [-0.25, -0.2) is 4.90 Å². The molecule has 1 saturated heterocycles. The van der Waals surface area contributed by atoms with Crippen LogP contribution in [0.4, 0.5) is 11.4 Å². The number of carbonyl (C=O) groups is 3. The first kappa shape index (κ1) is 17.8. The number of anilines is 2. The van der Waals surface area contributed by atoms with Crippen LogP contribution in [-0.4, -0.2) is 30.9 Å². The highest BCUT2D eigenvalue weighted by Gasteiger charge is 2.40.